The molecule has 10 aromatic rings. The molecule has 0 fully saturated rings. The summed E-state index contributed by atoms with van der Waals surface area (Å²) < 4.78 is 6.45. The molecule has 0 aliphatic heterocycles. The van der Waals surface area contributed by atoms with Gasteiger partial charge in [0, 0.05) is 38.7 Å². The van der Waals surface area contributed by atoms with Crippen LogP contribution in [0.1, 0.15) is 25.0 Å². The molecule has 0 bridgehead atoms. The minimum absolute atomic E-state index is 0.109. The minimum atomic E-state index is -0.109. The predicted molar refractivity (Wildman–Crippen MR) is 239 cm³/mol. The molecule has 1 aromatic heterocycles. The molecule has 9 aromatic carbocycles. The zero-order valence-corrected chi connectivity index (χ0v) is 31.8. The van der Waals surface area contributed by atoms with Crippen molar-refractivity contribution in [1.82, 2.24) is 0 Å². The van der Waals surface area contributed by atoms with Crippen LogP contribution in [0.25, 0.3) is 88.3 Å². The summed E-state index contributed by atoms with van der Waals surface area (Å²) in [5.41, 5.74) is 20.4. The van der Waals surface area contributed by atoms with Gasteiger partial charge >= 0.3 is 0 Å². The van der Waals surface area contributed by atoms with Crippen molar-refractivity contribution >= 4 is 49.8 Å². The summed E-state index contributed by atoms with van der Waals surface area (Å²) in [5.74, 6) is 0. The van der Waals surface area contributed by atoms with Crippen molar-refractivity contribution in [2.45, 2.75) is 19.3 Å². The highest BCUT2D eigenvalue weighted by Crippen LogP contribution is 2.54. The Morgan fingerprint density at radius 3 is 1.82 bits per heavy atom. The lowest BCUT2D eigenvalue weighted by molar-refractivity contribution is 0.660. The average molecular weight is 728 g/mol. The molecule has 12 rings (SSSR count). The smallest absolute Gasteiger partial charge is 0.143 e. The second-order valence-electron chi connectivity index (χ2n) is 16.1. The molecule has 57 heavy (non-hydrogen) atoms. The Morgan fingerprint density at radius 2 is 1.02 bits per heavy atom. The highest BCUT2D eigenvalue weighted by Gasteiger charge is 2.37. The van der Waals surface area contributed by atoms with Crippen molar-refractivity contribution in [2.75, 3.05) is 4.90 Å². The van der Waals surface area contributed by atoms with Gasteiger partial charge in [-0.3, -0.25) is 0 Å². The monoisotopic (exact) mass is 727 g/mol. The molecule has 0 saturated heterocycles. The molecule has 2 heteroatoms. The maximum absolute atomic E-state index is 6.45. The highest BCUT2D eigenvalue weighted by molar-refractivity contribution is 6.16. The van der Waals surface area contributed by atoms with Gasteiger partial charge in [-0.1, -0.05) is 153 Å². The van der Waals surface area contributed by atoms with E-state index in [2.05, 4.69) is 195 Å². The molecule has 268 valence electrons. The van der Waals surface area contributed by atoms with E-state index < -0.39 is 0 Å². The molecule has 2 aliphatic rings. The largest absolute Gasteiger partial charge is 0.455 e. The third-order valence-electron chi connectivity index (χ3n) is 12.6. The van der Waals surface area contributed by atoms with Crippen molar-refractivity contribution in [3.05, 3.63) is 199 Å². The number of hydrogen-bond donors (Lipinski definition) is 0. The lowest BCUT2D eigenvalue weighted by Gasteiger charge is -2.29. The van der Waals surface area contributed by atoms with Gasteiger partial charge in [0.15, 0.2) is 0 Å². The van der Waals surface area contributed by atoms with Gasteiger partial charge in [0.05, 0.1) is 5.69 Å². The van der Waals surface area contributed by atoms with Gasteiger partial charge < -0.3 is 9.32 Å². The average Bonchev–Trinajstić information content (AvgIpc) is 3.88. The normalized spacial score (nSPS) is 13.2. The van der Waals surface area contributed by atoms with Gasteiger partial charge in [-0.05, 0) is 115 Å². The summed E-state index contributed by atoms with van der Waals surface area (Å²) in [7, 11) is 0. The van der Waals surface area contributed by atoms with E-state index in [0.717, 1.165) is 44.4 Å². The van der Waals surface area contributed by atoms with Crippen molar-refractivity contribution in [1.29, 1.82) is 0 Å². The molecule has 0 radical (unpaired) electrons. The first-order valence-electron chi connectivity index (χ1n) is 19.8. The van der Waals surface area contributed by atoms with Crippen molar-refractivity contribution in [3.63, 3.8) is 0 Å². The number of rotatable bonds is 5. The molecule has 0 unspecified atom stereocenters. The molecule has 0 spiro atoms. The third-order valence-corrected chi connectivity index (χ3v) is 12.6. The van der Waals surface area contributed by atoms with Crippen LogP contribution < -0.4 is 4.90 Å². The van der Waals surface area contributed by atoms with Gasteiger partial charge in [-0.2, -0.15) is 0 Å². The fraction of sp³-hybridized carbons (Fsp3) is 0.0545. The number of para-hydroxylation sites is 2. The van der Waals surface area contributed by atoms with Crippen molar-refractivity contribution in [3.8, 4) is 55.6 Å². The molecule has 0 saturated carbocycles. The summed E-state index contributed by atoms with van der Waals surface area (Å²) in [5, 5.41) is 4.91. The molecule has 1 heterocycles. The van der Waals surface area contributed by atoms with Crippen molar-refractivity contribution < 1.29 is 4.42 Å². The van der Waals surface area contributed by atoms with Crippen LogP contribution in [0.3, 0.4) is 0 Å². The number of hydrogen-bond acceptors (Lipinski definition) is 2. The first-order chi connectivity index (χ1) is 28.0. The number of nitrogens with zero attached hydrogens (tertiary/aromatic N) is 1. The zero-order chi connectivity index (χ0) is 37.8. The van der Waals surface area contributed by atoms with E-state index >= 15 is 0 Å². The van der Waals surface area contributed by atoms with Gasteiger partial charge in [0.2, 0.25) is 0 Å². The Bertz CT molecular complexity index is 3260. The number of furan rings is 1. The molecular formula is C55H37NO. The first kappa shape index (κ1) is 32.1. The Balaban J connectivity index is 1.00. The lowest BCUT2D eigenvalue weighted by Crippen LogP contribution is -2.16. The summed E-state index contributed by atoms with van der Waals surface area (Å²) in [6, 6.07) is 68.9. The van der Waals surface area contributed by atoms with E-state index in [4.69, 9.17) is 4.42 Å². The van der Waals surface area contributed by atoms with Crippen LogP contribution >= 0.6 is 0 Å². The van der Waals surface area contributed by atoms with E-state index in [1.165, 1.54) is 72.1 Å². The second kappa shape index (κ2) is 11.9. The fourth-order valence-electron chi connectivity index (χ4n) is 9.90. The van der Waals surface area contributed by atoms with E-state index in [1.54, 1.807) is 0 Å². The van der Waals surface area contributed by atoms with Crippen LogP contribution in [0.2, 0.25) is 0 Å². The molecule has 2 nitrogen and oxygen atoms in total. The Hall–Kier alpha value is -7.16. The van der Waals surface area contributed by atoms with Crippen molar-refractivity contribution in [2.24, 2.45) is 0 Å². The summed E-state index contributed by atoms with van der Waals surface area (Å²) >= 11 is 0. The van der Waals surface area contributed by atoms with Gasteiger partial charge in [-0.15, -0.1) is 0 Å². The standard InChI is InChI=1S/C55H37NO/c1-55(2)48-20-7-5-16-46(48)53-49(55)21-11-22-50(53)56(39-30-26-35(27-31-39)40-17-10-19-45-43-15-6-8-23-51(43)57-54(40)45)38-28-24-34(25-29-38)37-32-36-12-9-18-44-41-13-3-4-14-42(41)47(33-37)52(36)44/h3-33H,1-2H3. The SMILES string of the molecule is CC1(C)c2ccccc2-c2c(N(c3ccc(-c4cc5c6c(cccc6c4)-c4ccccc4-5)cc3)c3ccc(-c4cccc5c4oc4ccccc45)cc3)cccc21. The van der Waals surface area contributed by atoms with E-state index in [-0.39, 0.29) is 5.41 Å². The first-order valence-corrected chi connectivity index (χ1v) is 19.8. The topological polar surface area (TPSA) is 16.4 Å². The fourth-order valence-corrected chi connectivity index (χ4v) is 9.90. The van der Waals surface area contributed by atoms with E-state index in [9.17, 15) is 0 Å². The van der Waals surface area contributed by atoms with Crippen LogP contribution in [0, 0.1) is 0 Å². The summed E-state index contributed by atoms with van der Waals surface area (Å²) in [6.45, 7) is 4.70. The molecule has 0 atom stereocenters. The van der Waals surface area contributed by atoms with Gasteiger partial charge in [0.1, 0.15) is 11.2 Å². The second-order valence-corrected chi connectivity index (χ2v) is 16.1. The van der Waals surface area contributed by atoms with Crippen LogP contribution in [-0.4, -0.2) is 0 Å². The highest BCUT2D eigenvalue weighted by atomic mass is 16.3. The summed E-state index contributed by atoms with van der Waals surface area (Å²) in [6.07, 6.45) is 0. The van der Waals surface area contributed by atoms with Crippen LogP contribution in [0.15, 0.2) is 192 Å². The van der Waals surface area contributed by atoms with Crippen LogP contribution in [0.5, 0.6) is 0 Å². The Labute approximate surface area is 331 Å². The lowest BCUT2D eigenvalue weighted by atomic mass is 9.82. The number of benzene rings is 9. The molecular weight excluding hydrogens is 691 g/mol. The quantitative estimate of drug-likeness (QED) is 0.175. The molecule has 2 aliphatic carbocycles. The molecule has 0 amide bonds. The van der Waals surface area contributed by atoms with Crippen LogP contribution in [0.4, 0.5) is 17.1 Å². The third kappa shape index (κ3) is 4.65. The number of anilines is 3. The predicted octanol–water partition coefficient (Wildman–Crippen LogP) is 15.5. The van der Waals surface area contributed by atoms with E-state index in [0.29, 0.717) is 0 Å². The maximum atomic E-state index is 6.45. The Morgan fingerprint density at radius 1 is 0.421 bits per heavy atom. The maximum Gasteiger partial charge on any atom is 0.143 e. The number of fused-ring (bicyclic) bond motifs is 9. The zero-order valence-electron chi connectivity index (χ0n) is 31.8. The molecule has 0 N–H and O–H groups in total. The minimum Gasteiger partial charge on any atom is -0.455 e. The summed E-state index contributed by atoms with van der Waals surface area (Å²) in [4.78, 5) is 2.44. The van der Waals surface area contributed by atoms with Gasteiger partial charge in [-0.25, -0.2) is 0 Å². The van der Waals surface area contributed by atoms with Crippen LogP contribution in [-0.2, 0) is 5.41 Å². The van der Waals surface area contributed by atoms with Gasteiger partial charge in [0.25, 0.3) is 0 Å². The van der Waals surface area contributed by atoms with E-state index in [1.807, 2.05) is 12.1 Å². The Kier molecular flexibility index (Phi) is 6.72.